The Kier molecular flexibility index (Phi) is 4.06. The van der Waals surface area contributed by atoms with Crippen LogP contribution in [0.5, 0.6) is 0 Å². The minimum atomic E-state index is -1.40. The SMILES string of the molecule is OCC1(c2ccc(Cl)cc2F)C=C(c2ccc(F)cc2F)ON1. The molecule has 0 aromatic heterocycles. The van der Waals surface area contributed by atoms with Crippen molar-refractivity contribution < 1.29 is 23.1 Å². The molecule has 0 fully saturated rings. The molecule has 3 nitrogen and oxygen atoms in total. The lowest BCUT2D eigenvalue weighted by molar-refractivity contribution is 0.0701. The van der Waals surface area contributed by atoms with Crippen LogP contribution in [0.3, 0.4) is 0 Å². The number of halogens is 4. The van der Waals surface area contributed by atoms with E-state index in [9.17, 15) is 18.3 Å². The Morgan fingerprint density at radius 3 is 2.52 bits per heavy atom. The molecule has 2 N–H and O–H groups in total. The molecule has 23 heavy (non-hydrogen) atoms. The highest BCUT2D eigenvalue weighted by molar-refractivity contribution is 6.30. The molecule has 0 saturated carbocycles. The number of aliphatic hydroxyl groups is 1. The van der Waals surface area contributed by atoms with Gasteiger partial charge in [-0.25, -0.2) is 13.2 Å². The van der Waals surface area contributed by atoms with Crippen molar-refractivity contribution >= 4 is 17.4 Å². The standard InChI is InChI=1S/C16H11ClF3NO2/c17-9-1-4-12(14(20)5-9)16(8-22)7-15(23-21-16)11-3-2-10(18)6-13(11)19/h1-7,21-22H,8H2. The van der Waals surface area contributed by atoms with Crippen molar-refractivity contribution in [3.63, 3.8) is 0 Å². The molecule has 1 atom stereocenters. The van der Waals surface area contributed by atoms with Crippen molar-refractivity contribution in [2.45, 2.75) is 5.54 Å². The summed E-state index contributed by atoms with van der Waals surface area (Å²) in [6.07, 6.45) is 1.34. The highest BCUT2D eigenvalue weighted by Crippen LogP contribution is 2.36. The lowest BCUT2D eigenvalue weighted by atomic mass is 9.90. The molecule has 7 heteroatoms. The fourth-order valence-electron chi connectivity index (χ4n) is 2.40. The van der Waals surface area contributed by atoms with Gasteiger partial charge in [0.25, 0.3) is 0 Å². The summed E-state index contributed by atoms with van der Waals surface area (Å²) >= 11 is 5.72. The summed E-state index contributed by atoms with van der Waals surface area (Å²) in [5.74, 6) is -2.19. The third-order valence-corrected chi connectivity index (χ3v) is 3.81. The van der Waals surface area contributed by atoms with Crippen LogP contribution in [0.2, 0.25) is 5.02 Å². The molecule has 2 aromatic rings. The second-order valence-electron chi connectivity index (χ2n) is 5.09. The number of benzene rings is 2. The van der Waals surface area contributed by atoms with Gasteiger partial charge >= 0.3 is 0 Å². The summed E-state index contributed by atoms with van der Waals surface area (Å²) in [6, 6.07) is 6.93. The summed E-state index contributed by atoms with van der Waals surface area (Å²) in [4.78, 5) is 5.20. The second-order valence-corrected chi connectivity index (χ2v) is 5.53. The summed E-state index contributed by atoms with van der Waals surface area (Å²) in [5.41, 5.74) is 1.18. The van der Waals surface area contributed by atoms with E-state index in [1.54, 1.807) is 0 Å². The molecular weight excluding hydrogens is 331 g/mol. The second kappa shape index (κ2) is 5.88. The average molecular weight is 342 g/mol. The third kappa shape index (κ3) is 2.81. The third-order valence-electron chi connectivity index (χ3n) is 3.58. The van der Waals surface area contributed by atoms with Crippen molar-refractivity contribution in [2.75, 3.05) is 6.61 Å². The molecule has 2 aromatic carbocycles. The van der Waals surface area contributed by atoms with Crippen molar-refractivity contribution in [1.29, 1.82) is 0 Å². The van der Waals surface area contributed by atoms with Gasteiger partial charge in [0.15, 0.2) is 5.76 Å². The minimum Gasteiger partial charge on any atom is -0.407 e. The first-order valence-electron chi connectivity index (χ1n) is 6.64. The Bertz CT molecular complexity index is 797. The summed E-state index contributed by atoms with van der Waals surface area (Å²) in [5, 5.41) is 9.90. The van der Waals surface area contributed by atoms with E-state index >= 15 is 0 Å². The number of hydrogen-bond acceptors (Lipinski definition) is 3. The maximum Gasteiger partial charge on any atom is 0.155 e. The quantitative estimate of drug-likeness (QED) is 0.897. The molecule has 0 saturated heterocycles. The van der Waals surface area contributed by atoms with Crippen molar-refractivity contribution in [2.24, 2.45) is 0 Å². The number of rotatable bonds is 3. The van der Waals surface area contributed by atoms with Crippen LogP contribution in [0.15, 0.2) is 42.5 Å². The Morgan fingerprint density at radius 1 is 1.09 bits per heavy atom. The van der Waals surface area contributed by atoms with E-state index in [1.165, 1.54) is 24.3 Å². The van der Waals surface area contributed by atoms with Crippen molar-refractivity contribution in [3.8, 4) is 0 Å². The zero-order valence-electron chi connectivity index (χ0n) is 11.6. The zero-order chi connectivity index (χ0) is 16.6. The van der Waals surface area contributed by atoms with Gasteiger partial charge in [-0.1, -0.05) is 17.7 Å². The summed E-state index contributed by atoms with van der Waals surface area (Å²) < 4.78 is 41.0. The lowest BCUT2D eigenvalue weighted by Crippen LogP contribution is -2.40. The number of hydrogen-bond donors (Lipinski definition) is 2. The first kappa shape index (κ1) is 15.9. The number of nitrogens with one attached hydrogen (secondary N) is 1. The van der Waals surface area contributed by atoms with Gasteiger partial charge in [0, 0.05) is 16.7 Å². The van der Waals surface area contributed by atoms with Crippen LogP contribution in [0.25, 0.3) is 5.76 Å². The number of hydroxylamine groups is 1. The normalized spacial score (nSPS) is 20.3. The van der Waals surface area contributed by atoms with Crippen LogP contribution in [0.4, 0.5) is 13.2 Å². The molecule has 1 aliphatic heterocycles. The minimum absolute atomic E-state index is 0.0106. The van der Waals surface area contributed by atoms with Gasteiger partial charge in [-0.15, -0.1) is 5.48 Å². The average Bonchev–Trinajstić information content (AvgIpc) is 2.92. The van der Waals surface area contributed by atoms with Crippen molar-refractivity contribution in [3.05, 3.63) is 76.1 Å². The van der Waals surface area contributed by atoms with Gasteiger partial charge in [-0.05, 0) is 30.3 Å². The van der Waals surface area contributed by atoms with E-state index < -0.39 is 29.6 Å². The molecule has 0 amide bonds. The molecule has 0 aliphatic carbocycles. The molecule has 1 aliphatic rings. The highest BCUT2D eigenvalue weighted by Gasteiger charge is 2.39. The maximum absolute atomic E-state index is 14.2. The van der Waals surface area contributed by atoms with E-state index in [-0.39, 0.29) is 21.9 Å². The maximum atomic E-state index is 14.2. The topological polar surface area (TPSA) is 41.5 Å². The van der Waals surface area contributed by atoms with Crippen LogP contribution in [-0.4, -0.2) is 11.7 Å². The first-order valence-corrected chi connectivity index (χ1v) is 7.02. The molecule has 1 heterocycles. The van der Waals surface area contributed by atoms with E-state index in [2.05, 4.69) is 5.48 Å². The van der Waals surface area contributed by atoms with E-state index in [4.69, 9.17) is 16.4 Å². The van der Waals surface area contributed by atoms with Crippen LogP contribution in [0.1, 0.15) is 11.1 Å². The van der Waals surface area contributed by atoms with Crippen LogP contribution in [0, 0.1) is 17.5 Å². The van der Waals surface area contributed by atoms with Gasteiger partial charge in [0.2, 0.25) is 0 Å². The molecular formula is C16H11ClF3NO2. The van der Waals surface area contributed by atoms with Crippen LogP contribution < -0.4 is 5.48 Å². The fourth-order valence-corrected chi connectivity index (χ4v) is 2.56. The number of aliphatic hydroxyl groups excluding tert-OH is 1. The summed E-state index contributed by atoms with van der Waals surface area (Å²) in [7, 11) is 0. The Hall–Kier alpha value is -2.02. The molecule has 0 radical (unpaired) electrons. The molecule has 1 unspecified atom stereocenters. The predicted molar refractivity (Wildman–Crippen MR) is 78.7 cm³/mol. The fraction of sp³-hybridized carbons (Fsp3) is 0.125. The van der Waals surface area contributed by atoms with Gasteiger partial charge < -0.3 is 9.94 Å². The molecule has 0 bridgehead atoms. The van der Waals surface area contributed by atoms with Gasteiger partial charge in [0.1, 0.15) is 23.0 Å². The molecule has 3 rings (SSSR count). The Balaban J connectivity index is 2.06. The van der Waals surface area contributed by atoms with Gasteiger partial charge in [-0.3, -0.25) is 0 Å². The van der Waals surface area contributed by atoms with Gasteiger partial charge in [-0.2, -0.15) is 0 Å². The Morgan fingerprint density at radius 2 is 1.87 bits per heavy atom. The zero-order valence-corrected chi connectivity index (χ0v) is 12.4. The Labute approximate surface area is 134 Å². The van der Waals surface area contributed by atoms with Gasteiger partial charge in [0.05, 0.1) is 12.2 Å². The first-order chi connectivity index (χ1) is 10.9. The smallest absolute Gasteiger partial charge is 0.155 e. The van der Waals surface area contributed by atoms with Crippen LogP contribution >= 0.6 is 11.6 Å². The lowest BCUT2D eigenvalue weighted by Gasteiger charge is -2.24. The highest BCUT2D eigenvalue weighted by atomic mass is 35.5. The monoisotopic (exact) mass is 341 g/mol. The van der Waals surface area contributed by atoms with E-state index in [1.807, 2.05) is 0 Å². The largest absolute Gasteiger partial charge is 0.407 e. The van der Waals surface area contributed by atoms with Crippen LogP contribution in [-0.2, 0) is 10.4 Å². The molecule has 0 spiro atoms. The predicted octanol–water partition coefficient (Wildman–Crippen LogP) is 3.52. The van der Waals surface area contributed by atoms with E-state index in [0.29, 0.717) is 6.07 Å². The summed E-state index contributed by atoms with van der Waals surface area (Å²) in [6.45, 7) is -0.544. The molecule has 120 valence electrons. The van der Waals surface area contributed by atoms with Crippen molar-refractivity contribution in [1.82, 2.24) is 5.48 Å². The van der Waals surface area contributed by atoms with E-state index in [0.717, 1.165) is 12.1 Å².